The summed E-state index contributed by atoms with van der Waals surface area (Å²) in [5.41, 5.74) is 8.00. The number of halogens is 1. The molecule has 5 heteroatoms. The molecule has 0 atom stereocenters. The SMILES string of the molecule is CCCCOCCCN=C(N)Nc1ccc(C)cc1.I. The maximum Gasteiger partial charge on any atom is 0.193 e. The van der Waals surface area contributed by atoms with Crippen molar-refractivity contribution >= 4 is 35.6 Å². The van der Waals surface area contributed by atoms with Crippen molar-refractivity contribution < 1.29 is 4.74 Å². The van der Waals surface area contributed by atoms with Crippen LogP contribution in [0.1, 0.15) is 31.7 Å². The summed E-state index contributed by atoms with van der Waals surface area (Å²) >= 11 is 0. The molecule has 0 unspecified atom stereocenters. The van der Waals surface area contributed by atoms with Gasteiger partial charge in [-0.2, -0.15) is 0 Å². The Hall–Kier alpha value is -0.820. The second-order valence-electron chi connectivity index (χ2n) is 4.58. The van der Waals surface area contributed by atoms with Crippen LogP contribution in [0.4, 0.5) is 5.69 Å². The lowest BCUT2D eigenvalue weighted by Gasteiger charge is -2.06. The van der Waals surface area contributed by atoms with Crippen LogP contribution in [0.15, 0.2) is 29.3 Å². The number of rotatable bonds is 8. The number of hydrogen-bond donors (Lipinski definition) is 2. The van der Waals surface area contributed by atoms with Gasteiger partial charge in [0.1, 0.15) is 0 Å². The third kappa shape index (κ3) is 9.14. The third-order valence-electron chi connectivity index (χ3n) is 2.70. The Morgan fingerprint density at radius 2 is 1.85 bits per heavy atom. The highest BCUT2D eigenvalue weighted by atomic mass is 127. The number of nitrogens with one attached hydrogen (secondary N) is 1. The maximum atomic E-state index is 5.80. The first-order chi connectivity index (χ1) is 9.22. The Morgan fingerprint density at radius 1 is 1.20 bits per heavy atom. The highest BCUT2D eigenvalue weighted by molar-refractivity contribution is 14.0. The molecule has 4 nitrogen and oxygen atoms in total. The van der Waals surface area contributed by atoms with E-state index in [1.54, 1.807) is 0 Å². The average molecular weight is 391 g/mol. The van der Waals surface area contributed by atoms with Gasteiger partial charge in [-0.25, -0.2) is 0 Å². The van der Waals surface area contributed by atoms with Crippen LogP contribution in [-0.4, -0.2) is 25.7 Å². The van der Waals surface area contributed by atoms with Crippen molar-refractivity contribution in [3.8, 4) is 0 Å². The molecule has 0 bridgehead atoms. The molecule has 0 aromatic heterocycles. The zero-order valence-corrected chi connectivity index (χ0v) is 14.7. The lowest BCUT2D eigenvalue weighted by atomic mass is 10.2. The molecule has 0 aliphatic rings. The highest BCUT2D eigenvalue weighted by Crippen LogP contribution is 2.07. The van der Waals surface area contributed by atoms with Crippen LogP contribution in [0, 0.1) is 6.92 Å². The zero-order chi connectivity index (χ0) is 13.9. The maximum absolute atomic E-state index is 5.80. The topological polar surface area (TPSA) is 59.6 Å². The first kappa shape index (κ1) is 19.2. The number of guanidine groups is 1. The van der Waals surface area contributed by atoms with Gasteiger partial charge >= 0.3 is 0 Å². The molecule has 114 valence electrons. The Labute approximate surface area is 139 Å². The Kier molecular flexibility index (Phi) is 11.5. The van der Waals surface area contributed by atoms with Crippen molar-refractivity contribution in [1.29, 1.82) is 0 Å². The van der Waals surface area contributed by atoms with E-state index in [0.29, 0.717) is 12.5 Å². The van der Waals surface area contributed by atoms with Crippen LogP contribution in [0.3, 0.4) is 0 Å². The van der Waals surface area contributed by atoms with Crippen molar-refractivity contribution in [1.82, 2.24) is 0 Å². The van der Waals surface area contributed by atoms with E-state index in [1.807, 2.05) is 24.3 Å². The summed E-state index contributed by atoms with van der Waals surface area (Å²) in [7, 11) is 0. The summed E-state index contributed by atoms with van der Waals surface area (Å²) < 4.78 is 5.46. The molecule has 1 aromatic rings. The van der Waals surface area contributed by atoms with Crippen LogP contribution in [0.5, 0.6) is 0 Å². The second-order valence-corrected chi connectivity index (χ2v) is 4.58. The molecule has 1 rings (SSSR count). The molecule has 0 saturated carbocycles. The van der Waals surface area contributed by atoms with Crippen LogP contribution in [-0.2, 0) is 4.74 Å². The number of aliphatic imine (C=N–C) groups is 1. The second kappa shape index (κ2) is 12.0. The number of unbranched alkanes of at least 4 members (excludes halogenated alkanes) is 1. The van der Waals surface area contributed by atoms with Gasteiger partial charge in [-0.3, -0.25) is 4.99 Å². The summed E-state index contributed by atoms with van der Waals surface area (Å²) in [4.78, 5) is 4.26. The molecular formula is C15H26IN3O. The van der Waals surface area contributed by atoms with Crippen LogP contribution in [0.25, 0.3) is 0 Å². The molecule has 0 fully saturated rings. The van der Waals surface area contributed by atoms with Gasteiger partial charge in [-0.1, -0.05) is 31.0 Å². The van der Waals surface area contributed by atoms with Gasteiger partial charge in [0.2, 0.25) is 0 Å². The van der Waals surface area contributed by atoms with E-state index in [1.165, 1.54) is 12.0 Å². The zero-order valence-electron chi connectivity index (χ0n) is 12.4. The number of benzene rings is 1. The van der Waals surface area contributed by atoms with Gasteiger partial charge in [-0.15, -0.1) is 24.0 Å². The Balaban J connectivity index is 0.00000361. The molecule has 0 heterocycles. The number of ether oxygens (including phenoxy) is 1. The average Bonchev–Trinajstić information content (AvgIpc) is 2.40. The van der Waals surface area contributed by atoms with Gasteiger partial charge in [0.25, 0.3) is 0 Å². The molecule has 3 N–H and O–H groups in total. The molecule has 0 saturated heterocycles. The van der Waals surface area contributed by atoms with E-state index in [2.05, 4.69) is 24.2 Å². The minimum atomic E-state index is 0. The van der Waals surface area contributed by atoms with Gasteiger partial charge in [-0.05, 0) is 31.9 Å². The summed E-state index contributed by atoms with van der Waals surface area (Å²) in [6, 6.07) is 8.06. The lowest BCUT2D eigenvalue weighted by molar-refractivity contribution is 0.130. The lowest BCUT2D eigenvalue weighted by Crippen LogP contribution is -2.23. The molecule has 0 aliphatic carbocycles. The van der Waals surface area contributed by atoms with E-state index >= 15 is 0 Å². The first-order valence-corrected chi connectivity index (χ1v) is 6.93. The fraction of sp³-hybridized carbons (Fsp3) is 0.533. The van der Waals surface area contributed by atoms with Crippen molar-refractivity contribution in [3.63, 3.8) is 0 Å². The summed E-state index contributed by atoms with van der Waals surface area (Å²) in [5, 5.41) is 3.07. The molecule has 0 amide bonds. The van der Waals surface area contributed by atoms with Crippen LogP contribution in [0.2, 0.25) is 0 Å². The van der Waals surface area contributed by atoms with Crippen LogP contribution < -0.4 is 11.1 Å². The van der Waals surface area contributed by atoms with E-state index in [-0.39, 0.29) is 24.0 Å². The number of nitrogens with two attached hydrogens (primary N) is 1. The number of nitrogens with zero attached hydrogens (tertiary/aromatic N) is 1. The molecule has 20 heavy (non-hydrogen) atoms. The van der Waals surface area contributed by atoms with Crippen molar-refractivity contribution in [2.75, 3.05) is 25.1 Å². The van der Waals surface area contributed by atoms with Crippen LogP contribution >= 0.6 is 24.0 Å². The van der Waals surface area contributed by atoms with Gasteiger partial charge in [0, 0.05) is 25.4 Å². The molecule has 0 radical (unpaired) electrons. The molecule has 1 aromatic carbocycles. The quantitative estimate of drug-likeness (QED) is 0.308. The summed E-state index contributed by atoms with van der Waals surface area (Å²) in [6.45, 7) is 6.50. The number of anilines is 1. The fourth-order valence-corrected chi connectivity index (χ4v) is 1.54. The Morgan fingerprint density at radius 3 is 2.50 bits per heavy atom. The van der Waals surface area contributed by atoms with E-state index in [9.17, 15) is 0 Å². The highest BCUT2D eigenvalue weighted by Gasteiger charge is 1.94. The standard InChI is InChI=1S/C15H25N3O.HI/c1-3-4-11-19-12-5-10-17-15(16)18-14-8-6-13(2)7-9-14;/h6-9H,3-5,10-12H2,1-2H3,(H3,16,17,18);1H. The first-order valence-electron chi connectivity index (χ1n) is 6.93. The molecule has 0 spiro atoms. The largest absolute Gasteiger partial charge is 0.381 e. The van der Waals surface area contributed by atoms with Gasteiger partial charge < -0.3 is 15.8 Å². The monoisotopic (exact) mass is 391 g/mol. The minimum Gasteiger partial charge on any atom is -0.381 e. The number of hydrogen-bond acceptors (Lipinski definition) is 2. The molecular weight excluding hydrogens is 365 g/mol. The predicted molar refractivity (Wildman–Crippen MR) is 97.1 cm³/mol. The number of aryl methyl sites for hydroxylation is 1. The van der Waals surface area contributed by atoms with Crippen molar-refractivity contribution in [3.05, 3.63) is 29.8 Å². The predicted octanol–water partition coefficient (Wildman–Crippen LogP) is 3.55. The normalized spacial score (nSPS) is 11.0. The van der Waals surface area contributed by atoms with E-state index in [4.69, 9.17) is 10.5 Å². The van der Waals surface area contributed by atoms with E-state index in [0.717, 1.165) is 31.7 Å². The third-order valence-corrected chi connectivity index (χ3v) is 2.70. The minimum absolute atomic E-state index is 0. The van der Waals surface area contributed by atoms with Gasteiger partial charge in [0.15, 0.2) is 5.96 Å². The molecule has 0 aliphatic heterocycles. The van der Waals surface area contributed by atoms with Crippen molar-refractivity contribution in [2.24, 2.45) is 10.7 Å². The van der Waals surface area contributed by atoms with Crippen molar-refractivity contribution in [2.45, 2.75) is 33.1 Å². The summed E-state index contributed by atoms with van der Waals surface area (Å²) in [6.07, 6.45) is 3.20. The van der Waals surface area contributed by atoms with E-state index < -0.39 is 0 Å². The Bertz CT molecular complexity index is 379. The fourth-order valence-electron chi connectivity index (χ4n) is 1.54. The summed E-state index contributed by atoms with van der Waals surface area (Å²) in [5.74, 6) is 0.456. The smallest absolute Gasteiger partial charge is 0.193 e. The van der Waals surface area contributed by atoms with Gasteiger partial charge in [0.05, 0.1) is 0 Å².